The topological polar surface area (TPSA) is 58.6 Å². The highest BCUT2D eigenvalue weighted by atomic mass is 16.5. The molecule has 0 saturated heterocycles. The van der Waals surface area contributed by atoms with E-state index in [-0.39, 0.29) is 12.5 Å². The van der Waals surface area contributed by atoms with Crippen molar-refractivity contribution in [2.24, 2.45) is 0 Å². The number of amides is 1. The standard InChI is InChI=1S/C13H19NO3/c1-2-10-17-12-7-4-3-6-11(12)14-13(16)8-5-9-15/h3-4,6-7,15H,2,5,8-10H2,1H3,(H,14,16). The first-order valence-corrected chi connectivity index (χ1v) is 5.90. The third-order valence-corrected chi connectivity index (χ3v) is 2.18. The van der Waals surface area contributed by atoms with Crippen LogP contribution in [-0.4, -0.2) is 24.2 Å². The minimum Gasteiger partial charge on any atom is -0.491 e. The Morgan fingerprint density at radius 3 is 2.88 bits per heavy atom. The fourth-order valence-electron chi connectivity index (χ4n) is 1.36. The predicted octanol–water partition coefficient (Wildman–Crippen LogP) is 2.19. The van der Waals surface area contributed by atoms with Crippen molar-refractivity contribution < 1.29 is 14.6 Å². The van der Waals surface area contributed by atoms with Crippen LogP contribution in [0.15, 0.2) is 24.3 Å². The lowest BCUT2D eigenvalue weighted by Crippen LogP contribution is -2.13. The minimum atomic E-state index is -0.105. The second kappa shape index (κ2) is 7.68. The van der Waals surface area contributed by atoms with E-state index in [9.17, 15) is 4.79 Å². The number of carbonyl (C=O) groups is 1. The molecule has 1 rings (SSSR count). The fourth-order valence-corrected chi connectivity index (χ4v) is 1.36. The van der Waals surface area contributed by atoms with E-state index in [4.69, 9.17) is 9.84 Å². The molecule has 2 N–H and O–H groups in total. The Balaban J connectivity index is 2.59. The molecule has 1 aromatic rings. The summed E-state index contributed by atoms with van der Waals surface area (Å²) in [6.07, 6.45) is 1.72. The predicted molar refractivity (Wildman–Crippen MR) is 67.2 cm³/mol. The van der Waals surface area contributed by atoms with E-state index in [1.807, 2.05) is 31.2 Å². The number of aliphatic hydroxyl groups is 1. The first kappa shape index (κ1) is 13.5. The molecule has 0 aromatic heterocycles. The van der Waals surface area contributed by atoms with Gasteiger partial charge in [-0.25, -0.2) is 0 Å². The van der Waals surface area contributed by atoms with Gasteiger partial charge in [0.05, 0.1) is 12.3 Å². The lowest BCUT2D eigenvalue weighted by molar-refractivity contribution is -0.116. The number of para-hydroxylation sites is 2. The smallest absolute Gasteiger partial charge is 0.224 e. The van der Waals surface area contributed by atoms with Crippen molar-refractivity contribution in [2.75, 3.05) is 18.5 Å². The normalized spacial score (nSPS) is 10.0. The van der Waals surface area contributed by atoms with Gasteiger partial charge in [0.1, 0.15) is 5.75 Å². The average molecular weight is 237 g/mol. The molecule has 1 amide bonds. The number of aliphatic hydroxyl groups excluding tert-OH is 1. The van der Waals surface area contributed by atoms with Gasteiger partial charge < -0.3 is 15.2 Å². The number of ether oxygens (including phenoxy) is 1. The van der Waals surface area contributed by atoms with Gasteiger partial charge in [0.15, 0.2) is 0 Å². The molecular weight excluding hydrogens is 218 g/mol. The van der Waals surface area contributed by atoms with Gasteiger partial charge in [-0.05, 0) is 25.0 Å². The van der Waals surface area contributed by atoms with Gasteiger partial charge in [-0.3, -0.25) is 4.79 Å². The van der Waals surface area contributed by atoms with Crippen molar-refractivity contribution in [3.63, 3.8) is 0 Å². The zero-order valence-electron chi connectivity index (χ0n) is 10.1. The van der Waals surface area contributed by atoms with Crippen LogP contribution in [0.3, 0.4) is 0 Å². The molecule has 0 aliphatic carbocycles. The van der Waals surface area contributed by atoms with E-state index >= 15 is 0 Å². The quantitative estimate of drug-likeness (QED) is 0.764. The molecule has 4 heteroatoms. The van der Waals surface area contributed by atoms with Crippen LogP contribution in [0.4, 0.5) is 5.69 Å². The summed E-state index contributed by atoms with van der Waals surface area (Å²) < 4.78 is 5.53. The number of benzene rings is 1. The molecule has 0 fully saturated rings. The zero-order chi connectivity index (χ0) is 12.5. The number of anilines is 1. The third-order valence-electron chi connectivity index (χ3n) is 2.18. The molecular formula is C13H19NO3. The summed E-state index contributed by atoms with van der Waals surface area (Å²) in [6, 6.07) is 7.36. The van der Waals surface area contributed by atoms with Gasteiger partial charge in [-0.1, -0.05) is 19.1 Å². The van der Waals surface area contributed by atoms with Crippen molar-refractivity contribution in [1.29, 1.82) is 0 Å². The Morgan fingerprint density at radius 2 is 2.18 bits per heavy atom. The highest BCUT2D eigenvalue weighted by Gasteiger charge is 2.06. The molecule has 1 aromatic carbocycles. The Hall–Kier alpha value is -1.55. The maximum absolute atomic E-state index is 11.5. The monoisotopic (exact) mass is 237 g/mol. The summed E-state index contributed by atoms with van der Waals surface area (Å²) in [5.74, 6) is 0.582. The maximum atomic E-state index is 11.5. The van der Waals surface area contributed by atoms with Crippen molar-refractivity contribution in [2.45, 2.75) is 26.2 Å². The van der Waals surface area contributed by atoms with E-state index in [0.29, 0.717) is 30.9 Å². The second-order valence-corrected chi connectivity index (χ2v) is 3.72. The Kier molecular flexibility index (Phi) is 6.10. The summed E-state index contributed by atoms with van der Waals surface area (Å²) in [4.78, 5) is 11.5. The Morgan fingerprint density at radius 1 is 1.41 bits per heavy atom. The van der Waals surface area contributed by atoms with Gasteiger partial charge in [0, 0.05) is 13.0 Å². The molecule has 94 valence electrons. The Bertz CT molecular complexity index is 352. The van der Waals surface area contributed by atoms with E-state index in [0.717, 1.165) is 6.42 Å². The van der Waals surface area contributed by atoms with Crippen LogP contribution in [0.5, 0.6) is 5.75 Å². The van der Waals surface area contributed by atoms with Crippen LogP contribution >= 0.6 is 0 Å². The third kappa shape index (κ3) is 4.87. The number of carbonyl (C=O) groups excluding carboxylic acids is 1. The highest BCUT2D eigenvalue weighted by molar-refractivity contribution is 5.92. The Labute approximate surface area is 102 Å². The maximum Gasteiger partial charge on any atom is 0.224 e. The molecule has 0 aliphatic rings. The van der Waals surface area contributed by atoms with Crippen LogP contribution in [0.25, 0.3) is 0 Å². The molecule has 0 bridgehead atoms. The van der Waals surface area contributed by atoms with E-state index in [1.54, 1.807) is 0 Å². The van der Waals surface area contributed by atoms with Crippen molar-refractivity contribution >= 4 is 11.6 Å². The van der Waals surface area contributed by atoms with Crippen LogP contribution < -0.4 is 10.1 Å². The first-order valence-electron chi connectivity index (χ1n) is 5.90. The second-order valence-electron chi connectivity index (χ2n) is 3.72. The van der Waals surface area contributed by atoms with Gasteiger partial charge in [-0.15, -0.1) is 0 Å². The molecule has 0 saturated carbocycles. The van der Waals surface area contributed by atoms with E-state index in [2.05, 4.69) is 5.32 Å². The molecule has 4 nitrogen and oxygen atoms in total. The van der Waals surface area contributed by atoms with Gasteiger partial charge in [0.2, 0.25) is 5.91 Å². The largest absolute Gasteiger partial charge is 0.491 e. The highest BCUT2D eigenvalue weighted by Crippen LogP contribution is 2.24. The van der Waals surface area contributed by atoms with Crippen molar-refractivity contribution in [1.82, 2.24) is 0 Å². The summed E-state index contributed by atoms with van der Waals surface area (Å²) in [5.41, 5.74) is 0.684. The van der Waals surface area contributed by atoms with Crippen LogP contribution in [0.1, 0.15) is 26.2 Å². The van der Waals surface area contributed by atoms with Crippen LogP contribution in [0.2, 0.25) is 0 Å². The molecule has 0 radical (unpaired) electrons. The average Bonchev–Trinajstić information content (AvgIpc) is 2.35. The minimum absolute atomic E-state index is 0.0292. The number of nitrogens with one attached hydrogen (secondary N) is 1. The SMILES string of the molecule is CCCOc1ccccc1NC(=O)CCCO. The summed E-state index contributed by atoms with van der Waals surface area (Å²) in [5, 5.41) is 11.4. The molecule has 0 aliphatic heterocycles. The lowest BCUT2D eigenvalue weighted by atomic mass is 10.2. The summed E-state index contributed by atoms with van der Waals surface area (Å²) >= 11 is 0. The van der Waals surface area contributed by atoms with Gasteiger partial charge in [-0.2, -0.15) is 0 Å². The fraction of sp³-hybridized carbons (Fsp3) is 0.462. The molecule has 0 atom stereocenters. The molecule has 17 heavy (non-hydrogen) atoms. The van der Waals surface area contributed by atoms with Crippen molar-refractivity contribution in [3.8, 4) is 5.75 Å². The van der Waals surface area contributed by atoms with Gasteiger partial charge >= 0.3 is 0 Å². The molecule has 0 spiro atoms. The zero-order valence-corrected chi connectivity index (χ0v) is 10.1. The lowest BCUT2D eigenvalue weighted by Gasteiger charge is -2.11. The van der Waals surface area contributed by atoms with Crippen LogP contribution in [0, 0.1) is 0 Å². The number of hydrogen-bond donors (Lipinski definition) is 2. The van der Waals surface area contributed by atoms with Crippen LogP contribution in [-0.2, 0) is 4.79 Å². The summed E-state index contributed by atoms with van der Waals surface area (Å²) in [6.45, 7) is 2.69. The molecule has 0 unspecified atom stereocenters. The van der Waals surface area contributed by atoms with E-state index < -0.39 is 0 Å². The van der Waals surface area contributed by atoms with E-state index in [1.165, 1.54) is 0 Å². The summed E-state index contributed by atoms with van der Waals surface area (Å²) in [7, 11) is 0. The first-order chi connectivity index (χ1) is 8.27. The van der Waals surface area contributed by atoms with Crippen molar-refractivity contribution in [3.05, 3.63) is 24.3 Å². The number of rotatable bonds is 7. The van der Waals surface area contributed by atoms with Gasteiger partial charge in [0.25, 0.3) is 0 Å². The molecule has 0 heterocycles. The number of hydrogen-bond acceptors (Lipinski definition) is 3.